The highest BCUT2D eigenvalue weighted by molar-refractivity contribution is 5.83. The molecule has 0 bridgehead atoms. The van der Waals surface area contributed by atoms with E-state index in [1.807, 2.05) is 0 Å². The molecule has 0 amide bonds. The Labute approximate surface area is 109 Å². The van der Waals surface area contributed by atoms with Gasteiger partial charge < -0.3 is 9.47 Å². The quantitative estimate of drug-likeness (QED) is 0.782. The molecule has 1 aromatic carbocycles. The second kappa shape index (κ2) is 4.77. The fourth-order valence-corrected chi connectivity index (χ4v) is 2.77. The largest absolute Gasteiger partial charge is 0.350 e. The molecule has 1 aliphatic rings. The highest BCUT2D eigenvalue weighted by Gasteiger charge is 2.22. The van der Waals surface area contributed by atoms with Crippen molar-refractivity contribution in [2.45, 2.75) is 19.3 Å². The first-order valence-corrected chi connectivity index (χ1v) is 6.95. The standard InChI is InChI=1S/C16H22N2/c1-17(11-13-7-8-13)10-9-14-12-18(2)16-6-4-3-5-15(14)16/h3-6,12-13H,7-11H2,1-2H3. The van der Waals surface area contributed by atoms with Crippen molar-refractivity contribution in [2.75, 3.05) is 20.1 Å². The van der Waals surface area contributed by atoms with E-state index >= 15 is 0 Å². The number of benzene rings is 1. The highest BCUT2D eigenvalue weighted by Crippen LogP contribution is 2.29. The monoisotopic (exact) mass is 242 g/mol. The van der Waals surface area contributed by atoms with Gasteiger partial charge in [0, 0.05) is 37.2 Å². The number of rotatable bonds is 5. The van der Waals surface area contributed by atoms with E-state index < -0.39 is 0 Å². The van der Waals surface area contributed by atoms with Crippen LogP contribution in [0.1, 0.15) is 18.4 Å². The summed E-state index contributed by atoms with van der Waals surface area (Å²) in [4.78, 5) is 2.49. The maximum atomic E-state index is 2.49. The topological polar surface area (TPSA) is 8.17 Å². The van der Waals surface area contributed by atoms with E-state index in [1.54, 1.807) is 0 Å². The second-order valence-electron chi connectivity index (χ2n) is 5.74. The van der Waals surface area contributed by atoms with Crippen molar-refractivity contribution in [3.8, 4) is 0 Å². The van der Waals surface area contributed by atoms with Crippen LogP contribution in [0.5, 0.6) is 0 Å². The summed E-state index contributed by atoms with van der Waals surface area (Å²) >= 11 is 0. The Balaban J connectivity index is 1.70. The molecule has 0 aliphatic heterocycles. The molecule has 1 aromatic heterocycles. The van der Waals surface area contributed by atoms with Gasteiger partial charge in [0.25, 0.3) is 0 Å². The van der Waals surface area contributed by atoms with Gasteiger partial charge in [-0.3, -0.25) is 0 Å². The van der Waals surface area contributed by atoms with Crippen LogP contribution in [0.4, 0.5) is 0 Å². The lowest BCUT2D eigenvalue weighted by Gasteiger charge is -2.15. The minimum Gasteiger partial charge on any atom is -0.350 e. The zero-order chi connectivity index (χ0) is 12.5. The summed E-state index contributed by atoms with van der Waals surface area (Å²) in [5.41, 5.74) is 2.83. The summed E-state index contributed by atoms with van der Waals surface area (Å²) in [5, 5.41) is 1.42. The van der Waals surface area contributed by atoms with Gasteiger partial charge in [-0.1, -0.05) is 18.2 Å². The van der Waals surface area contributed by atoms with Crippen molar-refractivity contribution in [1.82, 2.24) is 9.47 Å². The van der Waals surface area contributed by atoms with Gasteiger partial charge in [-0.05, 0) is 43.9 Å². The van der Waals surface area contributed by atoms with Crippen LogP contribution in [-0.2, 0) is 13.5 Å². The molecule has 0 unspecified atom stereocenters. The lowest BCUT2D eigenvalue weighted by molar-refractivity contribution is 0.325. The molecule has 96 valence electrons. The zero-order valence-corrected chi connectivity index (χ0v) is 11.4. The number of hydrogen-bond acceptors (Lipinski definition) is 1. The number of hydrogen-bond donors (Lipinski definition) is 0. The van der Waals surface area contributed by atoms with Crippen molar-refractivity contribution < 1.29 is 0 Å². The lowest BCUT2D eigenvalue weighted by atomic mass is 10.1. The average molecular weight is 242 g/mol. The van der Waals surface area contributed by atoms with Crippen LogP contribution < -0.4 is 0 Å². The van der Waals surface area contributed by atoms with E-state index in [9.17, 15) is 0 Å². The Morgan fingerprint density at radius 2 is 2.06 bits per heavy atom. The third-order valence-electron chi connectivity index (χ3n) is 4.01. The first-order valence-electron chi connectivity index (χ1n) is 6.95. The van der Waals surface area contributed by atoms with Gasteiger partial charge in [-0.2, -0.15) is 0 Å². The molecule has 0 saturated heterocycles. The maximum Gasteiger partial charge on any atom is 0.0480 e. The Hall–Kier alpha value is -1.28. The van der Waals surface area contributed by atoms with Crippen molar-refractivity contribution in [3.63, 3.8) is 0 Å². The van der Waals surface area contributed by atoms with Gasteiger partial charge in [-0.25, -0.2) is 0 Å². The van der Waals surface area contributed by atoms with Gasteiger partial charge in [0.05, 0.1) is 0 Å². The molecule has 1 aliphatic carbocycles. The molecular formula is C16H22N2. The van der Waals surface area contributed by atoms with Gasteiger partial charge in [-0.15, -0.1) is 0 Å². The summed E-state index contributed by atoms with van der Waals surface area (Å²) in [6, 6.07) is 8.70. The van der Waals surface area contributed by atoms with Gasteiger partial charge in [0.2, 0.25) is 0 Å². The Kier molecular flexibility index (Phi) is 3.13. The molecule has 1 saturated carbocycles. The first-order chi connectivity index (χ1) is 8.74. The molecule has 2 nitrogen and oxygen atoms in total. The van der Waals surface area contributed by atoms with Crippen molar-refractivity contribution >= 4 is 10.9 Å². The lowest BCUT2D eigenvalue weighted by Crippen LogP contribution is -2.23. The third kappa shape index (κ3) is 2.44. The second-order valence-corrected chi connectivity index (χ2v) is 5.74. The van der Waals surface area contributed by atoms with Crippen molar-refractivity contribution in [1.29, 1.82) is 0 Å². The molecular weight excluding hydrogens is 220 g/mol. The molecule has 18 heavy (non-hydrogen) atoms. The molecule has 2 aromatic rings. The van der Waals surface area contributed by atoms with Gasteiger partial charge in [0.1, 0.15) is 0 Å². The Morgan fingerprint density at radius 3 is 2.83 bits per heavy atom. The van der Waals surface area contributed by atoms with E-state index in [0.29, 0.717) is 0 Å². The number of likely N-dealkylation sites (N-methyl/N-ethyl adjacent to an activating group) is 1. The van der Waals surface area contributed by atoms with Crippen LogP contribution in [0, 0.1) is 5.92 Å². The molecule has 0 N–H and O–H groups in total. The van der Waals surface area contributed by atoms with Crippen LogP contribution >= 0.6 is 0 Å². The molecule has 0 atom stereocenters. The minimum absolute atomic E-state index is 0.988. The van der Waals surface area contributed by atoms with Crippen LogP contribution in [0.25, 0.3) is 10.9 Å². The predicted octanol–water partition coefficient (Wildman–Crippen LogP) is 3.06. The Bertz CT molecular complexity index is 537. The van der Waals surface area contributed by atoms with E-state index in [-0.39, 0.29) is 0 Å². The summed E-state index contributed by atoms with van der Waals surface area (Å²) in [5.74, 6) is 0.988. The zero-order valence-electron chi connectivity index (χ0n) is 11.4. The fraction of sp³-hybridized carbons (Fsp3) is 0.500. The predicted molar refractivity (Wildman–Crippen MR) is 76.8 cm³/mol. The third-order valence-corrected chi connectivity index (χ3v) is 4.01. The average Bonchev–Trinajstić information content (AvgIpc) is 3.12. The number of aromatic nitrogens is 1. The van der Waals surface area contributed by atoms with Crippen molar-refractivity contribution in [2.24, 2.45) is 13.0 Å². The van der Waals surface area contributed by atoms with Crippen LogP contribution in [-0.4, -0.2) is 29.6 Å². The Morgan fingerprint density at radius 1 is 1.28 bits per heavy atom. The molecule has 1 fully saturated rings. The van der Waals surface area contributed by atoms with E-state index in [0.717, 1.165) is 12.3 Å². The van der Waals surface area contributed by atoms with Crippen LogP contribution in [0.2, 0.25) is 0 Å². The fourth-order valence-electron chi connectivity index (χ4n) is 2.77. The summed E-state index contributed by atoms with van der Waals surface area (Å²) < 4.78 is 2.24. The van der Waals surface area contributed by atoms with Gasteiger partial charge in [0.15, 0.2) is 0 Å². The van der Waals surface area contributed by atoms with E-state index in [4.69, 9.17) is 0 Å². The molecule has 0 radical (unpaired) electrons. The summed E-state index contributed by atoms with van der Waals surface area (Å²) in [6.07, 6.45) is 6.33. The first kappa shape index (κ1) is 11.8. The van der Waals surface area contributed by atoms with E-state index in [2.05, 4.69) is 54.0 Å². The number of fused-ring (bicyclic) bond motifs is 1. The van der Waals surface area contributed by atoms with E-state index in [1.165, 1.54) is 42.4 Å². The van der Waals surface area contributed by atoms with Crippen LogP contribution in [0.15, 0.2) is 30.5 Å². The summed E-state index contributed by atoms with van der Waals surface area (Å²) in [7, 11) is 4.39. The normalized spacial score (nSPS) is 15.7. The van der Waals surface area contributed by atoms with Gasteiger partial charge >= 0.3 is 0 Å². The summed E-state index contributed by atoms with van der Waals surface area (Å²) in [6.45, 7) is 2.45. The molecule has 0 spiro atoms. The number of aryl methyl sites for hydroxylation is 1. The molecule has 3 rings (SSSR count). The SMILES string of the molecule is CN(CCc1cn(C)c2ccccc12)CC1CC1. The molecule has 2 heteroatoms. The van der Waals surface area contributed by atoms with Crippen molar-refractivity contribution in [3.05, 3.63) is 36.0 Å². The number of nitrogens with zero attached hydrogens (tertiary/aromatic N) is 2. The molecule has 1 heterocycles. The maximum absolute atomic E-state index is 2.49. The van der Waals surface area contributed by atoms with Crippen LogP contribution in [0.3, 0.4) is 0 Å². The smallest absolute Gasteiger partial charge is 0.0480 e. The minimum atomic E-state index is 0.988. The highest BCUT2D eigenvalue weighted by atomic mass is 15.1. The number of para-hydroxylation sites is 1.